The average Bonchev–Trinajstić information content (AvgIpc) is 3.52. The highest BCUT2D eigenvalue weighted by Crippen LogP contribution is 2.42. The maximum Gasteiger partial charge on any atom is 0.222 e. The molecular formula is C31H34F2N6O2. The molecule has 4 heterocycles. The molecule has 0 bridgehead atoms. The number of amides is 1. The van der Waals surface area contributed by atoms with Crippen LogP contribution in [0.4, 0.5) is 8.78 Å². The fourth-order valence-corrected chi connectivity index (χ4v) is 6.32. The lowest BCUT2D eigenvalue weighted by molar-refractivity contribution is -0.128. The molecule has 3 aromatic heterocycles. The van der Waals surface area contributed by atoms with E-state index in [-0.39, 0.29) is 41.6 Å². The van der Waals surface area contributed by atoms with E-state index in [9.17, 15) is 9.90 Å². The van der Waals surface area contributed by atoms with Crippen LogP contribution in [0.15, 0.2) is 48.9 Å². The van der Waals surface area contributed by atoms with E-state index in [0.29, 0.717) is 42.7 Å². The SMILES string of the molecule is C[C@H]1C[C@@H](c2ccncc2Cc2ncc3ccc(-c4c(F)cc(CN5CCCC5=O)cc4F)nn23)C[C@@H](N)[C@]1(C)O. The Labute approximate surface area is 237 Å². The van der Waals surface area contributed by atoms with E-state index < -0.39 is 17.2 Å². The number of rotatable bonds is 6. The van der Waals surface area contributed by atoms with Gasteiger partial charge in [-0.15, -0.1) is 0 Å². The zero-order chi connectivity index (χ0) is 28.9. The van der Waals surface area contributed by atoms with Crippen LogP contribution < -0.4 is 5.73 Å². The highest BCUT2D eigenvalue weighted by Gasteiger charge is 2.42. The zero-order valence-corrected chi connectivity index (χ0v) is 23.2. The number of benzene rings is 1. The van der Waals surface area contributed by atoms with E-state index in [1.165, 1.54) is 12.1 Å². The molecule has 41 heavy (non-hydrogen) atoms. The summed E-state index contributed by atoms with van der Waals surface area (Å²) in [7, 11) is 0. The molecule has 8 nitrogen and oxygen atoms in total. The first-order valence-corrected chi connectivity index (χ1v) is 14.1. The summed E-state index contributed by atoms with van der Waals surface area (Å²) in [6.45, 7) is 4.61. The van der Waals surface area contributed by atoms with Gasteiger partial charge in [0, 0.05) is 44.4 Å². The van der Waals surface area contributed by atoms with Crippen LogP contribution in [0.2, 0.25) is 0 Å². The summed E-state index contributed by atoms with van der Waals surface area (Å²) in [5.74, 6) is -0.659. The Morgan fingerprint density at radius 2 is 1.93 bits per heavy atom. The molecule has 3 N–H and O–H groups in total. The molecule has 2 aliphatic rings. The molecule has 1 saturated heterocycles. The van der Waals surface area contributed by atoms with Crippen molar-refractivity contribution in [2.45, 2.75) is 70.1 Å². The Hall–Kier alpha value is -3.76. The quantitative estimate of drug-likeness (QED) is 0.362. The van der Waals surface area contributed by atoms with Gasteiger partial charge in [0.25, 0.3) is 0 Å². The fraction of sp³-hybridized carbons (Fsp3) is 0.419. The first-order valence-electron chi connectivity index (χ1n) is 14.1. The first-order chi connectivity index (χ1) is 19.6. The minimum Gasteiger partial charge on any atom is -0.388 e. The third-order valence-electron chi connectivity index (χ3n) is 9.01. The molecule has 4 aromatic rings. The van der Waals surface area contributed by atoms with Crippen molar-refractivity contribution in [2.75, 3.05) is 6.54 Å². The molecule has 1 aliphatic heterocycles. The Morgan fingerprint density at radius 3 is 2.63 bits per heavy atom. The molecule has 4 atom stereocenters. The second-order valence-corrected chi connectivity index (χ2v) is 11.7. The molecule has 1 aromatic carbocycles. The maximum atomic E-state index is 15.3. The molecule has 6 rings (SSSR count). The largest absolute Gasteiger partial charge is 0.388 e. The van der Waals surface area contributed by atoms with E-state index in [2.05, 4.69) is 15.1 Å². The molecule has 214 valence electrons. The van der Waals surface area contributed by atoms with Gasteiger partial charge in [-0.25, -0.2) is 18.3 Å². The van der Waals surface area contributed by atoms with Gasteiger partial charge in [0.2, 0.25) is 5.91 Å². The third-order valence-corrected chi connectivity index (χ3v) is 9.01. The lowest BCUT2D eigenvalue weighted by Crippen LogP contribution is -2.54. The van der Waals surface area contributed by atoms with Crippen molar-refractivity contribution >= 4 is 11.4 Å². The van der Waals surface area contributed by atoms with Gasteiger partial charge in [-0.3, -0.25) is 9.78 Å². The number of aliphatic hydroxyl groups is 1. The Balaban J connectivity index is 1.29. The molecule has 0 radical (unpaired) electrons. The van der Waals surface area contributed by atoms with E-state index in [0.717, 1.165) is 24.0 Å². The van der Waals surface area contributed by atoms with Gasteiger partial charge in [0.05, 0.1) is 28.6 Å². The summed E-state index contributed by atoms with van der Waals surface area (Å²) >= 11 is 0. The topological polar surface area (TPSA) is 110 Å². The summed E-state index contributed by atoms with van der Waals surface area (Å²) < 4.78 is 32.2. The van der Waals surface area contributed by atoms with E-state index in [4.69, 9.17) is 5.73 Å². The molecule has 0 unspecified atom stereocenters. The van der Waals surface area contributed by atoms with Crippen molar-refractivity contribution in [1.82, 2.24) is 24.5 Å². The normalized spacial score (nSPS) is 24.9. The van der Waals surface area contributed by atoms with Gasteiger partial charge in [0.1, 0.15) is 17.5 Å². The van der Waals surface area contributed by atoms with Gasteiger partial charge in [-0.2, -0.15) is 5.10 Å². The smallest absolute Gasteiger partial charge is 0.222 e. The van der Waals surface area contributed by atoms with Crippen LogP contribution >= 0.6 is 0 Å². The summed E-state index contributed by atoms with van der Waals surface area (Å²) in [4.78, 5) is 22.5. The highest BCUT2D eigenvalue weighted by atomic mass is 19.1. The summed E-state index contributed by atoms with van der Waals surface area (Å²) in [5.41, 5.74) is 8.56. The van der Waals surface area contributed by atoms with Crippen molar-refractivity contribution in [3.63, 3.8) is 0 Å². The van der Waals surface area contributed by atoms with Crippen molar-refractivity contribution < 1.29 is 18.7 Å². The van der Waals surface area contributed by atoms with Crippen molar-refractivity contribution in [1.29, 1.82) is 0 Å². The van der Waals surface area contributed by atoms with Gasteiger partial charge in [0.15, 0.2) is 0 Å². The van der Waals surface area contributed by atoms with Gasteiger partial charge < -0.3 is 15.7 Å². The Morgan fingerprint density at radius 1 is 1.15 bits per heavy atom. The fourth-order valence-electron chi connectivity index (χ4n) is 6.32. The Kier molecular flexibility index (Phi) is 7.07. The standard InChI is InChI=1S/C31H34F2N6O2/c1-18-10-20(13-27(34)31(18,2)41)23-7-8-35-15-21(23)14-28-36-16-22-5-6-26(37-39(22)28)30-24(32)11-19(12-25(30)33)17-38-9-3-4-29(38)40/h5-8,11-12,15-16,18,20,27,41H,3-4,9-10,13-14,17,34H2,1-2H3/t18-,20+,27+,31+/m0/s1. The number of pyridine rings is 1. The number of carbonyl (C=O) groups is 1. The number of fused-ring (bicyclic) bond motifs is 1. The number of nitrogens with zero attached hydrogens (tertiary/aromatic N) is 5. The predicted octanol–water partition coefficient (Wildman–Crippen LogP) is 4.37. The van der Waals surface area contributed by atoms with Crippen LogP contribution in [0.3, 0.4) is 0 Å². The monoisotopic (exact) mass is 560 g/mol. The number of hydrogen-bond acceptors (Lipinski definition) is 6. The highest BCUT2D eigenvalue weighted by molar-refractivity contribution is 5.78. The lowest BCUT2D eigenvalue weighted by atomic mass is 9.67. The van der Waals surface area contributed by atoms with Crippen molar-refractivity contribution in [3.8, 4) is 11.3 Å². The van der Waals surface area contributed by atoms with Crippen LogP contribution in [0.1, 0.15) is 68.0 Å². The molecule has 1 saturated carbocycles. The van der Waals surface area contributed by atoms with Crippen molar-refractivity contribution in [3.05, 3.63) is 83.1 Å². The number of halogens is 2. The van der Waals surface area contributed by atoms with Crippen LogP contribution in [0, 0.1) is 17.6 Å². The van der Waals surface area contributed by atoms with Crippen LogP contribution in [-0.4, -0.2) is 53.7 Å². The van der Waals surface area contributed by atoms with Crippen LogP contribution in [-0.2, 0) is 17.8 Å². The molecule has 0 spiro atoms. The van der Waals surface area contributed by atoms with E-state index in [1.807, 2.05) is 19.2 Å². The molecule has 10 heteroatoms. The predicted molar refractivity (Wildman–Crippen MR) is 150 cm³/mol. The summed E-state index contributed by atoms with van der Waals surface area (Å²) in [6.07, 6.45) is 8.34. The zero-order valence-electron chi connectivity index (χ0n) is 23.2. The summed E-state index contributed by atoms with van der Waals surface area (Å²) in [5, 5.41) is 15.4. The number of carbonyl (C=O) groups excluding carboxylic acids is 1. The summed E-state index contributed by atoms with van der Waals surface area (Å²) in [6, 6.07) is 7.53. The van der Waals surface area contributed by atoms with Gasteiger partial charge in [-0.05, 0) is 85.0 Å². The number of hydrogen-bond donors (Lipinski definition) is 2. The Bertz CT molecular complexity index is 1580. The second-order valence-electron chi connectivity index (χ2n) is 11.7. The molecule has 2 fully saturated rings. The minimum absolute atomic E-state index is 0.000799. The van der Waals surface area contributed by atoms with E-state index >= 15 is 8.78 Å². The van der Waals surface area contributed by atoms with E-state index in [1.54, 1.807) is 40.9 Å². The number of likely N-dealkylation sites (tertiary alicyclic amines) is 1. The average molecular weight is 561 g/mol. The number of imidazole rings is 1. The number of nitrogens with two attached hydrogens (primary N) is 1. The molecule has 1 aliphatic carbocycles. The minimum atomic E-state index is -0.919. The van der Waals surface area contributed by atoms with Crippen LogP contribution in [0.25, 0.3) is 16.8 Å². The first kappa shape index (κ1) is 27.4. The molecule has 1 amide bonds. The van der Waals surface area contributed by atoms with Gasteiger partial charge in [-0.1, -0.05) is 6.92 Å². The van der Waals surface area contributed by atoms with Crippen molar-refractivity contribution in [2.24, 2.45) is 11.7 Å². The maximum absolute atomic E-state index is 15.3. The van der Waals surface area contributed by atoms with Crippen LogP contribution in [0.5, 0.6) is 0 Å². The second kappa shape index (κ2) is 10.6. The van der Waals surface area contributed by atoms with Gasteiger partial charge >= 0.3 is 0 Å². The lowest BCUT2D eigenvalue weighted by Gasteiger charge is -2.44. The number of aromatic nitrogens is 4. The third kappa shape index (κ3) is 5.10. The molecular weight excluding hydrogens is 526 g/mol.